The van der Waals surface area contributed by atoms with Gasteiger partial charge in [0.1, 0.15) is 5.75 Å². The van der Waals surface area contributed by atoms with E-state index in [1.807, 2.05) is 4.72 Å². The van der Waals surface area contributed by atoms with Crippen LogP contribution in [0.1, 0.15) is 35.6 Å². The third-order valence-electron chi connectivity index (χ3n) is 4.06. The van der Waals surface area contributed by atoms with E-state index in [0.717, 1.165) is 0 Å². The van der Waals surface area contributed by atoms with Crippen LogP contribution in [-0.4, -0.2) is 30.3 Å². The third-order valence-corrected chi connectivity index (χ3v) is 5.41. The van der Waals surface area contributed by atoms with E-state index in [4.69, 9.17) is 4.74 Å². The van der Waals surface area contributed by atoms with Crippen LogP contribution in [0.2, 0.25) is 0 Å². The van der Waals surface area contributed by atoms with Gasteiger partial charge in [-0.3, -0.25) is 9.52 Å². The van der Waals surface area contributed by atoms with Crippen molar-refractivity contribution < 1.29 is 31.1 Å². The highest BCUT2D eigenvalue weighted by Gasteiger charge is 2.36. The first-order valence-corrected chi connectivity index (χ1v) is 10.8. The number of anilines is 1. The minimum atomic E-state index is -4.94. The van der Waals surface area contributed by atoms with Crippen LogP contribution in [0.4, 0.5) is 19.0 Å². The summed E-state index contributed by atoms with van der Waals surface area (Å²) in [6, 6.07) is 12.9. The molecule has 168 valence electrons. The number of nitrogens with zero attached hydrogens (tertiary/aromatic N) is 2. The zero-order valence-corrected chi connectivity index (χ0v) is 17.7. The molecule has 3 rings (SSSR count). The Hall–Kier alpha value is -3.47. The van der Waals surface area contributed by atoms with E-state index in [0.29, 0.717) is 11.9 Å². The number of hydrogen-bond donors (Lipinski definition) is 1. The second-order valence-electron chi connectivity index (χ2n) is 6.89. The van der Waals surface area contributed by atoms with Gasteiger partial charge in [-0.1, -0.05) is 30.3 Å². The van der Waals surface area contributed by atoms with Crippen LogP contribution in [-0.2, 0) is 16.2 Å². The molecule has 0 saturated carbocycles. The first-order chi connectivity index (χ1) is 15.0. The number of carbonyl (C=O) groups is 1. The number of ether oxygens (including phenoxy) is 1. The zero-order chi connectivity index (χ0) is 23.5. The topological polar surface area (TPSA) is 98.2 Å². The van der Waals surface area contributed by atoms with Crippen LogP contribution in [0.5, 0.6) is 5.75 Å². The molecule has 0 aliphatic heterocycles. The van der Waals surface area contributed by atoms with Gasteiger partial charge in [0.2, 0.25) is 5.82 Å². The maximum Gasteiger partial charge on any atom is 0.451 e. The first kappa shape index (κ1) is 23.2. The maximum absolute atomic E-state index is 13.1. The van der Waals surface area contributed by atoms with Crippen LogP contribution < -0.4 is 9.46 Å². The van der Waals surface area contributed by atoms with E-state index in [2.05, 4.69) is 9.97 Å². The third kappa shape index (κ3) is 5.41. The molecule has 2 aromatic carbocycles. The molecule has 0 unspecified atom stereocenters. The van der Waals surface area contributed by atoms with Gasteiger partial charge < -0.3 is 4.74 Å². The molecule has 7 nitrogen and oxygen atoms in total. The molecule has 0 fully saturated rings. The Morgan fingerprint density at radius 3 is 2.22 bits per heavy atom. The summed E-state index contributed by atoms with van der Waals surface area (Å²) >= 11 is 0. The summed E-state index contributed by atoms with van der Waals surface area (Å²) in [7, 11) is -4.37. The standard InChI is InChI=1S/C21H18F3N3O4S/c1-13(2)31-15-8-10-16(11-9-15)32(29,30)27-19-17(12-25-20(26-19)21(22,23)24)18(28)14-6-4-3-5-7-14/h3-13H,1-2H3,(H,25,26,27). The van der Waals surface area contributed by atoms with E-state index in [1.54, 1.807) is 32.0 Å². The summed E-state index contributed by atoms with van der Waals surface area (Å²) in [4.78, 5) is 19.0. The fourth-order valence-corrected chi connectivity index (χ4v) is 3.69. The quantitative estimate of drug-likeness (QED) is 0.522. The molecular formula is C21H18F3N3O4S. The highest BCUT2D eigenvalue weighted by Crippen LogP contribution is 2.29. The lowest BCUT2D eigenvalue weighted by atomic mass is 10.1. The van der Waals surface area contributed by atoms with Gasteiger partial charge in [-0.2, -0.15) is 13.2 Å². The summed E-state index contributed by atoms with van der Waals surface area (Å²) < 4.78 is 72.4. The Morgan fingerprint density at radius 1 is 1.03 bits per heavy atom. The summed E-state index contributed by atoms with van der Waals surface area (Å²) in [6.45, 7) is 3.59. The molecule has 0 spiro atoms. The second-order valence-corrected chi connectivity index (χ2v) is 8.57. The van der Waals surface area contributed by atoms with Crippen molar-refractivity contribution in [1.82, 2.24) is 9.97 Å². The number of alkyl halides is 3. The molecular weight excluding hydrogens is 447 g/mol. The minimum absolute atomic E-state index is 0.131. The average molecular weight is 465 g/mol. The summed E-state index contributed by atoms with van der Waals surface area (Å²) in [5, 5.41) is 0. The SMILES string of the molecule is CC(C)Oc1ccc(S(=O)(=O)Nc2nc(C(F)(F)F)ncc2C(=O)c2ccccc2)cc1. The molecule has 0 radical (unpaired) electrons. The number of rotatable bonds is 7. The molecule has 11 heteroatoms. The van der Waals surface area contributed by atoms with Crippen molar-refractivity contribution in [3.8, 4) is 5.75 Å². The number of carbonyl (C=O) groups excluding carboxylic acids is 1. The van der Waals surface area contributed by atoms with E-state index in [1.165, 1.54) is 36.4 Å². The van der Waals surface area contributed by atoms with Crippen LogP contribution in [0.3, 0.4) is 0 Å². The number of benzene rings is 2. The first-order valence-electron chi connectivity index (χ1n) is 9.31. The fourth-order valence-electron chi connectivity index (χ4n) is 2.66. The number of sulfonamides is 1. The van der Waals surface area contributed by atoms with Gasteiger partial charge in [0.05, 0.1) is 16.6 Å². The van der Waals surface area contributed by atoms with Gasteiger partial charge in [0, 0.05) is 11.8 Å². The smallest absolute Gasteiger partial charge is 0.451 e. The Morgan fingerprint density at radius 2 is 1.66 bits per heavy atom. The molecule has 0 amide bonds. The lowest BCUT2D eigenvalue weighted by Gasteiger charge is -2.14. The maximum atomic E-state index is 13.1. The summed E-state index contributed by atoms with van der Waals surface area (Å²) in [6.07, 6.45) is -4.42. The van der Waals surface area contributed by atoms with E-state index >= 15 is 0 Å². The molecule has 1 heterocycles. The Balaban J connectivity index is 2.01. The Kier molecular flexibility index (Phi) is 6.49. The number of nitrogens with one attached hydrogen (secondary N) is 1. The van der Waals surface area contributed by atoms with Gasteiger partial charge in [-0.25, -0.2) is 18.4 Å². The molecule has 0 bridgehead atoms. The molecule has 0 aliphatic rings. The van der Waals surface area contributed by atoms with Crippen molar-refractivity contribution in [2.75, 3.05) is 4.72 Å². The van der Waals surface area contributed by atoms with Crippen molar-refractivity contribution in [1.29, 1.82) is 0 Å². The van der Waals surface area contributed by atoms with Crippen molar-refractivity contribution in [2.45, 2.75) is 31.0 Å². The molecule has 0 aliphatic carbocycles. The molecule has 3 aromatic rings. The number of halogens is 3. The van der Waals surface area contributed by atoms with Crippen LogP contribution in [0.15, 0.2) is 65.7 Å². The fraction of sp³-hybridized carbons (Fsp3) is 0.190. The number of ketones is 1. The van der Waals surface area contributed by atoms with E-state index in [9.17, 15) is 26.4 Å². The van der Waals surface area contributed by atoms with Gasteiger partial charge in [0.25, 0.3) is 10.0 Å². The predicted molar refractivity (Wildman–Crippen MR) is 110 cm³/mol. The van der Waals surface area contributed by atoms with E-state index < -0.39 is 39.2 Å². The normalized spacial score (nSPS) is 11.9. The van der Waals surface area contributed by atoms with Gasteiger partial charge in [-0.15, -0.1) is 0 Å². The lowest BCUT2D eigenvalue weighted by molar-refractivity contribution is -0.144. The summed E-state index contributed by atoms with van der Waals surface area (Å²) in [5.41, 5.74) is -0.293. The zero-order valence-electron chi connectivity index (χ0n) is 16.9. The Labute approximate surface area is 182 Å². The van der Waals surface area contributed by atoms with Crippen molar-refractivity contribution in [2.24, 2.45) is 0 Å². The second kappa shape index (κ2) is 8.95. The molecule has 32 heavy (non-hydrogen) atoms. The highest BCUT2D eigenvalue weighted by molar-refractivity contribution is 7.92. The number of aromatic nitrogens is 2. The molecule has 1 aromatic heterocycles. The predicted octanol–water partition coefficient (Wildman–Crippen LogP) is 4.31. The van der Waals surface area contributed by atoms with E-state index in [-0.39, 0.29) is 16.6 Å². The van der Waals surface area contributed by atoms with Crippen LogP contribution in [0.25, 0.3) is 0 Å². The largest absolute Gasteiger partial charge is 0.491 e. The monoisotopic (exact) mass is 465 g/mol. The van der Waals surface area contributed by atoms with Crippen LogP contribution in [0, 0.1) is 0 Å². The summed E-state index contributed by atoms with van der Waals surface area (Å²) in [5.74, 6) is -2.68. The molecule has 0 atom stereocenters. The number of hydrogen-bond acceptors (Lipinski definition) is 6. The Bertz CT molecular complexity index is 1210. The van der Waals surface area contributed by atoms with Crippen molar-refractivity contribution >= 4 is 21.6 Å². The van der Waals surface area contributed by atoms with Gasteiger partial charge in [0.15, 0.2) is 11.6 Å². The molecule has 1 N–H and O–H groups in total. The lowest BCUT2D eigenvalue weighted by Crippen LogP contribution is -2.20. The van der Waals surface area contributed by atoms with Gasteiger partial charge in [-0.05, 0) is 38.1 Å². The highest BCUT2D eigenvalue weighted by atomic mass is 32.2. The van der Waals surface area contributed by atoms with Crippen LogP contribution >= 0.6 is 0 Å². The van der Waals surface area contributed by atoms with Gasteiger partial charge >= 0.3 is 6.18 Å². The minimum Gasteiger partial charge on any atom is -0.491 e. The van der Waals surface area contributed by atoms with Crippen molar-refractivity contribution in [3.05, 3.63) is 77.7 Å². The average Bonchev–Trinajstić information content (AvgIpc) is 2.73. The molecule has 0 saturated heterocycles. The van der Waals surface area contributed by atoms with Crippen molar-refractivity contribution in [3.63, 3.8) is 0 Å².